The number of rotatable bonds is 4. The van der Waals surface area contributed by atoms with Crippen LogP contribution in [0.25, 0.3) is 0 Å². The Balaban J connectivity index is 1.52. The first-order valence-corrected chi connectivity index (χ1v) is 12.1. The molecule has 0 atom stereocenters. The maximum atomic E-state index is 13.7. The van der Waals surface area contributed by atoms with Gasteiger partial charge in [-0.3, -0.25) is 9.59 Å². The zero-order chi connectivity index (χ0) is 26.3. The summed E-state index contributed by atoms with van der Waals surface area (Å²) >= 11 is 0. The minimum absolute atomic E-state index is 0.218. The summed E-state index contributed by atoms with van der Waals surface area (Å²) in [6.07, 6.45) is -3.56. The molecule has 1 fully saturated rings. The standard InChI is InChI=1S/C27H27F3N4O3/c1-14-3-5-17-21(11-14)37-22-12-15(2)4-6-18(22)23(17)33-25(35)19-13-20(32-16-7-9-31-10-8-16)24(27(28,29)30)34-26(19)36/h3-6,11-13,16,23,31-32H,7-10H2,1-2H3,(H,33,35)(H,34,36). The summed E-state index contributed by atoms with van der Waals surface area (Å²) in [5.41, 5.74) is 0.279. The normalized spacial score (nSPS) is 15.9. The first kappa shape index (κ1) is 24.9. The average Bonchev–Trinajstić information content (AvgIpc) is 2.84. The van der Waals surface area contributed by atoms with Crippen LogP contribution in [0.2, 0.25) is 0 Å². The monoisotopic (exact) mass is 512 g/mol. The molecule has 1 amide bonds. The molecule has 0 unspecified atom stereocenters. The van der Waals surface area contributed by atoms with E-state index in [1.165, 1.54) is 0 Å². The molecular weight excluding hydrogens is 485 g/mol. The number of anilines is 1. The van der Waals surface area contributed by atoms with E-state index in [0.717, 1.165) is 17.2 Å². The van der Waals surface area contributed by atoms with Crippen molar-refractivity contribution in [2.75, 3.05) is 18.4 Å². The summed E-state index contributed by atoms with van der Waals surface area (Å²) in [7, 11) is 0. The van der Waals surface area contributed by atoms with Crippen molar-refractivity contribution >= 4 is 11.6 Å². The Labute approximate surface area is 211 Å². The van der Waals surface area contributed by atoms with Gasteiger partial charge < -0.3 is 25.7 Å². The van der Waals surface area contributed by atoms with Gasteiger partial charge in [-0.2, -0.15) is 13.2 Å². The summed E-state index contributed by atoms with van der Waals surface area (Å²) < 4.78 is 47.3. The summed E-state index contributed by atoms with van der Waals surface area (Å²) in [5.74, 6) is 0.351. The van der Waals surface area contributed by atoms with Crippen LogP contribution in [-0.4, -0.2) is 30.0 Å². The number of aromatic nitrogens is 1. The molecule has 0 aliphatic carbocycles. The number of aromatic amines is 1. The molecule has 3 aromatic rings. The SMILES string of the molecule is Cc1ccc2c(c1)Oc1cc(C)ccc1C2NC(=O)c1cc(NC2CCNCC2)c(C(F)(F)F)[nH]c1=O. The molecule has 1 aromatic heterocycles. The second kappa shape index (κ2) is 9.59. The number of carbonyl (C=O) groups excluding carboxylic acids is 1. The zero-order valence-electron chi connectivity index (χ0n) is 20.4. The molecule has 2 aliphatic heterocycles. The number of aryl methyl sites for hydroxylation is 2. The predicted molar refractivity (Wildman–Crippen MR) is 133 cm³/mol. The number of hydrogen-bond acceptors (Lipinski definition) is 5. The van der Waals surface area contributed by atoms with E-state index in [1.807, 2.05) is 55.2 Å². The van der Waals surface area contributed by atoms with Gasteiger partial charge in [-0.05, 0) is 69.1 Å². The molecule has 10 heteroatoms. The zero-order valence-corrected chi connectivity index (χ0v) is 20.4. The highest BCUT2D eigenvalue weighted by molar-refractivity contribution is 5.95. The fourth-order valence-electron chi connectivity index (χ4n) is 4.81. The van der Waals surface area contributed by atoms with E-state index >= 15 is 0 Å². The third-order valence-corrected chi connectivity index (χ3v) is 6.72. The summed E-state index contributed by atoms with van der Waals surface area (Å²) in [6.45, 7) is 5.16. The second-order valence-corrected chi connectivity index (χ2v) is 9.56. The second-order valence-electron chi connectivity index (χ2n) is 9.56. The number of amides is 1. The lowest BCUT2D eigenvalue weighted by atomic mass is 9.92. The molecule has 5 rings (SSSR count). The van der Waals surface area contributed by atoms with E-state index < -0.39 is 34.9 Å². The number of fused-ring (bicyclic) bond motifs is 2. The van der Waals surface area contributed by atoms with Crippen molar-refractivity contribution in [2.24, 2.45) is 0 Å². The molecule has 0 bridgehead atoms. The molecule has 0 spiro atoms. The van der Waals surface area contributed by atoms with Crippen molar-refractivity contribution in [3.8, 4) is 11.5 Å². The van der Waals surface area contributed by atoms with Crippen molar-refractivity contribution < 1.29 is 22.7 Å². The number of nitrogens with one attached hydrogen (secondary N) is 4. The number of benzene rings is 2. The van der Waals surface area contributed by atoms with E-state index in [4.69, 9.17) is 4.74 Å². The minimum atomic E-state index is -4.79. The van der Waals surface area contributed by atoms with Crippen molar-refractivity contribution in [1.82, 2.24) is 15.6 Å². The Kier molecular flexibility index (Phi) is 6.45. The molecule has 37 heavy (non-hydrogen) atoms. The fourth-order valence-corrected chi connectivity index (χ4v) is 4.81. The molecule has 2 aliphatic rings. The smallest absolute Gasteiger partial charge is 0.433 e. The largest absolute Gasteiger partial charge is 0.457 e. The number of hydrogen-bond donors (Lipinski definition) is 4. The van der Waals surface area contributed by atoms with Gasteiger partial charge in [0.1, 0.15) is 22.8 Å². The first-order valence-electron chi connectivity index (χ1n) is 12.1. The van der Waals surface area contributed by atoms with Crippen LogP contribution in [-0.2, 0) is 6.18 Å². The Morgan fingerprint density at radius 3 is 2.14 bits per heavy atom. The Bertz CT molecular complexity index is 1360. The molecule has 194 valence electrons. The lowest BCUT2D eigenvalue weighted by Gasteiger charge is -2.29. The van der Waals surface area contributed by atoms with Crippen LogP contribution in [0.1, 0.15) is 57.2 Å². The van der Waals surface area contributed by atoms with Gasteiger partial charge in [-0.15, -0.1) is 0 Å². The van der Waals surface area contributed by atoms with Crippen LogP contribution in [0.5, 0.6) is 11.5 Å². The first-order chi connectivity index (χ1) is 17.6. The van der Waals surface area contributed by atoms with Crippen LogP contribution in [0.3, 0.4) is 0 Å². The van der Waals surface area contributed by atoms with E-state index in [9.17, 15) is 22.8 Å². The van der Waals surface area contributed by atoms with Crippen LogP contribution in [0.15, 0.2) is 47.3 Å². The molecule has 7 nitrogen and oxygen atoms in total. The number of alkyl halides is 3. The molecule has 3 heterocycles. The van der Waals surface area contributed by atoms with E-state index in [2.05, 4.69) is 16.0 Å². The molecule has 2 aromatic carbocycles. The molecular formula is C27H27F3N4O3. The van der Waals surface area contributed by atoms with Gasteiger partial charge in [0.2, 0.25) is 0 Å². The summed E-state index contributed by atoms with van der Waals surface area (Å²) in [5, 5.41) is 8.91. The van der Waals surface area contributed by atoms with Gasteiger partial charge in [-0.25, -0.2) is 0 Å². The number of halogens is 3. The number of carbonyl (C=O) groups is 1. The maximum Gasteiger partial charge on any atom is 0.433 e. The van der Waals surface area contributed by atoms with Crippen molar-refractivity contribution in [2.45, 2.75) is 44.9 Å². The molecule has 1 saturated heterocycles. The highest BCUT2D eigenvalue weighted by Crippen LogP contribution is 2.43. The van der Waals surface area contributed by atoms with E-state index in [0.29, 0.717) is 48.6 Å². The van der Waals surface area contributed by atoms with Gasteiger partial charge in [-0.1, -0.05) is 24.3 Å². The number of pyridine rings is 1. The number of piperidine rings is 1. The number of H-pyrrole nitrogens is 1. The van der Waals surface area contributed by atoms with E-state index in [1.54, 1.807) is 0 Å². The number of ether oxygens (including phenoxy) is 1. The lowest BCUT2D eigenvalue weighted by molar-refractivity contribution is -0.140. The molecule has 0 saturated carbocycles. The lowest BCUT2D eigenvalue weighted by Crippen LogP contribution is -2.38. The maximum absolute atomic E-state index is 13.7. The van der Waals surface area contributed by atoms with Crippen molar-refractivity contribution in [1.29, 1.82) is 0 Å². The third kappa shape index (κ3) is 5.06. The Hall–Kier alpha value is -3.79. The highest BCUT2D eigenvalue weighted by atomic mass is 19.4. The Morgan fingerprint density at radius 1 is 0.973 bits per heavy atom. The van der Waals surface area contributed by atoms with Gasteiger partial charge in [0, 0.05) is 17.2 Å². The summed E-state index contributed by atoms with van der Waals surface area (Å²) in [6, 6.07) is 11.3. The third-order valence-electron chi connectivity index (χ3n) is 6.72. The average molecular weight is 513 g/mol. The highest BCUT2D eigenvalue weighted by Gasteiger charge is 2.37. The molecule has 4 N–H and O–H groups in total. The van der Waals surface area contributed by atoms with Crippen LogP contribution in [0, 0.1) is 13.8 Å². The topological polar surface area (TPSA) is 95.2 Å². The van der Waals surface area contributed by atoms with Crippen LogP contribution in [0.4, 0.5) is 18.9 Å². The van der Waals surface area contributed by atoms with Gasteiger partial charge in [0.05, 0.1) is 11.7 Å². The van der Waals surface area contributed by atoms with Gasteiger partial charge in [0.25, 0.3) is 11.5 Å². The molecule has 0 radical (unpaired) electrons. The quantitative estimate of drug-likeness (QED) is 0.403. The van der Waals surface area contributed by atoms with Gasteiger partial charge in [0.15, 0.2) is 0 Å². The van der Waals surface area contributed by atoms with Crippen molar-refractivity contribution in [3.05, 3.63) is 86.3 Å². The van der Waals surface area contributed by atoms with Crippen LogP contribution >= 0.6 is 0 Å². The Morgan fingerprint density at radius 2 is 1.57 bits per heavy atom. The summed E-state index contributed by atoms with van der Waals surface area (Å²) in [4.78, 5) is 28.0. The van der Waals surface area contributed by atoms with E-state index in [-0.39, 0.29) is 11.7 Å². The predicted octanol–water partition coefficient (Wildman–Crippen LogP) is 4.80. The van der Waals surface area contributed by atoms with Crippen molar-refractivity contribution in [3.63, 3.8) is 0 Å². The fraction of sp³-hybridized carbons (Fsp3) is 0.333. The minimum Gasteiger partial charge on any atom is -0.457 e. The van der Waals surface area contributed by atoms with Gasteiger partial charge >= 0.3 is 6.18 Å². The van der Waals surface area contributed by atoms with Crippen LogP contribution < -0.4 is 26.2 Å².